The van der Waals surface area contributed by atoms with Crippen molar-refractivity contribution in [1.29, 1.82) is 0 Å². The molecule has 0 saturated carbocycles. The summed E-state index contributed by atoms with van der Waals surface area (Å²) in [6, 6.07) is 5.66. The molecule has 110 valence electrons. The van der Waals surface area contributed by atoms with Crippen molar-refractivity contribution in [3.05, 3.63) is 36.8 Å². The van der Waals surface area contributed by atoms with Crippen molar-refractivity contribution in [3.63, 3.8) is 0 Å². The highest BCUT2D eigenvalue weighted by molar-refractivity contribution is 7.90. The van der Waals surface area contributed by atoms with Gasteiger partial charge in [-0.25, -0.2) is 18.4 Å². The molecule has 7 nitrogen and oxygen atoms in total. The summed E-state index contributed by atoms with van der Waals surface area (Å²) < 4.78 is 23.1. The minimum atomic E-state index is -3.39. The Morgan fingerprint density at radius 2 is 2.09 bits per heavy atom. The summed E-state index contributed by atoms with van der Waals surface area (Å²) in [6.45, 7) is 0. The fourth-order valence-corrected chi connectivity index (χ4v) is 2.94. The molecular weight excluding hydrogens is 302 g/mol. The van der Waals surface area contributed by atoms with E-state index in [1.807, 2.05) is 24.4 Å². The predicted molar refractivity (Wildman–Crippen MR) is 82.1 cm³/mol. The van der Waals surface area contributed by atoms with Crippen LogP contribution in [0.3, 0.4) is 0 Å². The zero-order valence-corrected chi connectivity index (χ0v) is 12.3. The summed E-state index contributed by atoms with van der Waals surface area (Å²) in [5.41, 5.74) is 3.56. The molecule has 0 aromatic carbocycles. The molecule has 2 N–H and O–H groups in total. The van der Waals surface area contributed by atoms with Crippen LogP contribution in [0.1, 0.15) is 0 Å². The van der Waals surface area contributed by atoms with Crippen LogP contribution in [0, 0.1) is 0 Å². The first-order chi connectivity index (χ1) is 10.5. The number of nitrogens with zero attached hydrogens (tertiary/aromatic N) is 3. The molecule has 0 aliphatic heterocycles. The Labute approximate surface area is 125 Å². The van der Waals surface area contributed by atoms with E-state index in [9.17, 15) is 8.42 Å². The van der Waals surface area contributed by atoms with Crippen molar-refractivity contribution in [2.75, 3.05) is 6.26 Å². The summed E-state index contributed by atoms with van der Waals surface area (Å²) in [6.07, 6.45) is 6.35. The Bertz CT molecular complexity index is 1110. The Hall–Kier alpha value is -2.74. The van der Waals surface area contributed by atoms with Crippen molar-refractivity contribution in [2.24, 2.45) is 0 Å². The van der Waals surface area contributed by atoms with Gasteiger partial charge in [0.15, 0.2) is 5.65 Å². The molecule has 0 amide bonds. The van der Waals surface area contributed by atoms with E-state index in [-0.39, 0.29) is 5.16 Å². The Balaban J connectivity index is 1.93. The third-order valence-corrected chi connectivity index (χ3v) is 4.32. The Morgan fingerprint density at radius 3 is 2.91 bits per heavy atom. The van der Waals surface area contributed by atoms with Gasteiger partial charge in [0.1, 0.15) is 5.65 Å². The van der Waals surface area contributed by atoms with Gasteiger partial charge >= 0.3 is 0 Å². The van der Waals surface area contributed by atoms with Crippen molar-refractivity contribution >= 4 is 32.0 Å². The molecule has 4 heterocycles. The number of hydrogen-bond donors (Lipinski definition) is 2. The maximum Gasteiger partial charge on any atom is 0.227 e. The molecule has 0 unspecified atom stereocenters. The van der Waals surface area contributed by atoms with E-state index >= 15 is 0 Å². The quantitative estimate of drug-likeness (QED) is 0.588. The summed E-state index contributed by atoms with van der Waals surface area (Å²) in [5.74, 6) is 0. The van der Waals surface area contributed by atoms with E-state index in [1.54, 1.807) is 12.4 Å². The van der Waals surface area contributed by atoms with Crippen LogP contribution in [0.25, 0.3) is 33.3 Å². The number of hydrogen-bond acceptors (Lipinski definition) is 5. The normalized spacial score (nSPS) is 12.2. The molecule has 0 aliphatic rings. The van der Waals surface area contributed by atoms with E-state index in [0.717, 1.165) is 28.4 Å². The monoisotopic (exact) mass is 313 g/mol. The second-order valence-corrected chi connectivity index (χ2v) is 6.94. The second kappa shape index (κ2) is 4.38. The fourth-order valence-electron chi connectivity index (χ4n) is 2.40. The van der Waals surface area contributed by atoms with Crippen LogP contribution in [-0.2, 0) is 9.84 Å². The number of rotatable bonds is 2. The van der Waals surface area contributed by atoms with E-state index in [0.29, 0.717) is 11.2 Å². The largest absolute Gasteiger partial charge is 0.346 e. The van der Waals surface area contributed by atoms with Gasteiger partial charge in [-0.15, -0.1) is 0 Å². The number of pyridine rings is 2. The summed E-state index contributed by atoms with van der Waals surface area (Å²) in [5, 5.41) is 0.902. The van der Waals surface area contributed by atoms with Crippen LogP contribution < -0.4 is 0 Å². The molecular formula is C14H11N5O2S. The molecule has 0 bridgehead atoms. The second-order valence-electron chi connectivity index (χ2n) is 5.01. The van der Waals surface area contributed by atoms with Crippen molar-refractivity contribution in [3.8, 4) is 11.1 Å². The number of fused-ring (bicyclic) bond motifs is 2. The first-order valence-electron chi connectivity index (χ1n) is 6.51. The molecule has 4 aromatic heterocycles. The van der Waals surface area contributed by atoms with Gasteiger partial charge in [-0.2, -0.15) is 4.98 Å². The minimum absolute atomic E-state index is 0.0762. The van der Waals surface area contributed by atoms with Crippen molar-refractivity contribution in [1.82, 2.24) is 24.9 Å². The molecule has 0 fully saturated rings. The standard InChI is InChI=1S/C14H11N5O2S/c1-22(20,21)14-18-11-5-8(6-16-13(11)19-14)10-7-17-12-9(10)3-2-4-15-12/h2-7H,1H3,(H,15,17)(H,16,18,19). The number of aromatic amines is 2. The lowest BCUT2D eigenvalue weighted by Crippen LogP contribution is -1.98. The number of sulfone groups is 1. The third-order valence-electron chi connectivity index (χ3n) is 3.43. The minimum Gasteiger partial charge on any atom is -0.346 e. The molecule has 0 radical (unpaired) electrons. The first kappa shape index (κ1) is 13.0. The van der Waals surface area contributed by atoms with Crippen LogP contribution in [0.15, 0.2) is 41.9 Å². The van der Waals surface area contributed by atoms with Crippen LogP contribution in [-0.4, -0.2) is 39.6 Å². The van der Waals surface area contributed by atoms with E-state index < -0.39 is 9.84 Å². The van der Waals surface area contributed by atoms with Crippen molar-refractivity contribution < 1.29 is 8.42 Å². The van der Waals surface area contributed by atoms with Gasteiger partial charge < -0.3 is 9.97 Å². The van der Waals surface area contributed by atoms with Crippen molar-refractivity contribution in [2.45, 2.75) is 5.16 Å². The van der Waals surface area contributed by atoms with E-state index in [2.05, 4.69) is 24.9 Å². The lowest BCUT2D eigenvalue weighted by atomic mass is 10.1. The number of imidazole rings is 1. The lowest BCUT2D eigenvalue weighted by Gasteiger charge is -1.98. The average Bonchev–Trinajstić information content (AvgIpc) is 3.10. The van der Waals surface area contributed by atoms with Gasteiger partial charge in [0.25, 0.3) is 0 Å². The maximum absolute atomic E-state index is 11.6. The Morgan fingerprint density at radius 1 is 1.23 bits per heavy atom. The molecule has 22 heavy (non-hydrogen) atoms. The van der Waals surface area contributed by atoms with Gasteiger partial charge in [0.2, 0.25) is 15.0 Å². The highest BCUT2D eigenvalue weighted by Gasteiger charge is 2.15. The summed E-state index contributed by atoms with van der Waals surface area (Å²) in [7, 11) is -3.39. The highest BCUT2D eigenvalue weighted by atomic mass is 32.2. The van der Waals surface area contributed by atoms with Gasteiger partial charge in [-0.1, -0.05) is 0 Å². The number of aromatic nitrogens is 5. The number of H-pyrrole nitrogens is 2. The predicted octanol–water partition coefficient (Wildman–Crippen LogP) is 1.90. The third kappa shape index (κ3) is 1.96. The molecule has 0 saturated heterocycles. The average molecular weight is 313 g/mol. The fraction of sp³-hybridized carbons (Fsp3) is 0.0714. The summed E-state index contributed by atoms with van der Waals surface area (Å²) in [4.78, 5) is 18.4. The topological polar surface area (TPSA) is 104 Å². The molecule has 4 rings (SSSR count). The number of nitrogens with one attached hydrogen (secondary N) is 2. The Kier molecular flexibility index (Phi) is 2.58. The van der Waals surface area contributed by atoms with Gasteiger partial charge in [-0.3, -0.25) is 0 Å². The summed E-state index contributed by atoms with van der Waals surface area (Å²) >= 11 is 0. The highest BCUT2D eigenvalue weighted by Crippen LogP contribution is 2.28. The van der Waals surface area contributed by atoms with E-state index in [1.165, 1.54) is 0 Å². The molecule has 0 spiro atoms. The molecule has 4 aromatic rings. The van der Waals surface area contributed by atoms with E-state index in [4.69, 9.17) is 0 Å². The van der Waals surface area contributed by atoms with Gasteiger partial charge in [0.05, 0.1) is 5.52 Å². The van der Waals surface area contributed by atoms with Gasteiger partial charge in [-0.05, 0) is 18.2 Å². The van der Waals surface area contributed by atoms with Crippen LogP contribution >= 0.6 is 0 Å². The lowest BCUT2D eigenvalue weighted by molar-refractivity contribution is 0.595. The molecule has 0 aliphatic carbocycles. The first-order valence-corrected chi connectivity index (χ1v) is 8.40. The van der Waals surface area contributed by atoms with Crippen LogP contribution in [0.2, 0.25) is 0 Å². The molecule has 0 atom stereocenters. The zero-order valence-electron chi connectivity index (χ0n) is 11.5. The van der Waals surface area contributed by atoms with Gasteiger partial charge in [0, 0.05) is 41.4 Å². The molecule has 8 heteroatoms. The maximum atomic E-state index is 11.6. The zero-order chi connectivity index (χ0) is 15.3. The smallest absolute Gasteiger partial charge is 0.227 e. The SMILES string of the molecule is CS(=O)(=O)c1nc2ncc(-c3c[nH]c4ncccc34)cc2[nH]1. The van der Waals surface area contributed by atoms with Crippen LogP contribution in [0.4, 0.5) is 0 Å². The van der Waals surface area contributed by atoms with Crippen LogP contribution in [0.5, 0.6) is 0 Å².